The summed E-state index contributed by atoms with van der Waals surface area (Å²) in [7, 11) is 0. The van der Waals surface area contributed by atoms with Crippen LogP contribution in [0, 0.1) is 0 Å². The van der Waals surface area contributed by atoms with Crippen LogP contribution in [0.1, 0.15) is 21.6 Å². The number of aromatic nitrogens is 4. The lowest BCUT2D eigenvalue weighted by Gasteiger charge is -2.18. The van der Waals surface area contributed by atoms with Crippen molar-refractivity contribution in [2.24, 2.45) is 5.73 Å². The summed E-state index contributed by atoms with van der Waals surface area (Å²) in [6.07, 6.45) is 7.37. The minimum absolute atomic E-state index is 0.456. The van der Waals surface area contributed by atoms with Crippen molar-refractivity contribution in [3.63, 3.8) is 0 Å². The Morgan fingerprint density at radius 1 is 1.12 bits per heavy atom. The summed E-state index contributed by atoms with van der Waals surface area (Å²) in [4.78, 5) is 29.2. The summed E-state index contributed by atoms with van der Waals surface area (Å²) in [6, 6.07) is 6.86. The number of nitrogens with one attached hydrogen (secondary N) is 1. The number of anilines is 2. The molecule has 130 valence electrons. The minimum Gasteiger partial charge on any atom is -0.366 e. The number of fused-ring (bicyclic) bond motifs is 3. The maximum Gasteiger partial charge on any atom is 0.248 e. The number of nitrogens with two attached hydrogens (primary N) is 1. The van der Waals surface area contributed by atoms with Crippen molar-refractivity contribution in [2.75, 3.05) is 11.6 Å². The van der Waals surface area contributed by atoms with Gasteiger partial charge in [-0.25, -0.2) is 19.9 Å². The van der Waals surface area contributed by atoms with Gasteiger partial charge in [0.15, 0.2) is 5.16 Å². The Labute approximate surface area is 154 Å². The third-order valence-corrected chi connectivity index (χ3v) is 4.77. The molecule has 1 aliphatic carbocycles. The zero-order valence-electron chi connectivity index (χ0n) is 14.1. The molecule has 7 nitrogen and oxygen atoms in total. The van der Waals surface area contributed by atoms with Gasteiger partial charge in [-0.05, 0) is 48.9 Å². The Hall–Kier alpha value is -3.00. The molecular formula is C18H16N6OS. The van der Waals surface area contributed by atoms with Gasteiger partial charge in [-0.1, -0.05) is 11.8 Å². The predicted octanol–water partition coefficient (Wildman–Crippen LogP) is 2.60. The van der Waals surface area contributed by atoms with E-state index in [1.807, 2.05) is 18.6 Å². The van der Waals surface area contributed by atoms with E-state index in [4.69, 9.17) is 5.73 Å². The summed E-state index contributed by atoms with van der Waals surface area (Å²) in [6.45, 7) is 0. The van der Waals surface area contributed by atoms with Crippen LogP contribution in [0.2, 0.25) is 0 Å². The fourth-order valence-electron chi connectivity index (χ4n) is 2.87. The van der Waals surface area contributed by atoms with Crippen molar-refractivity contribution >= 4 is 29.3 Å². The van der Waals surface area contributed by atoms with Crippen molar-refractivity contribution < 1.29 is 4.79 Å². The number of nitrogens with zero attached hydrogens (tertiary/aromatic N) is 4. The average Bonchev–Trinajstić information content (AvgIpc) is 2.67. The number of carbonyl (C=O) groups is 1. The molecule has 0 bridgehead atoms. The molecule has 3 aromatic rings. The highest BCUT2D eigenvalue weighted by Gasteiger charge is 2.20. The molecule has 3 N–H and O–H groups in total. The normalized spacial score (nSPS) is 12.2. The van der Waals surface area contributed by atoms with Gasteiger partial charge < -0.3 is 11.1 Å². The number of thioether (sulfide) groups is 1. The summed E-state index contributed by atoms with van der Waals surface area (Å²) in [5.74, 6) is 0.0279. The first-order valence-corrected chi connectivity index (χ1v) is 9.29. The second kappa shape index (κ2) is 6.72. The molecule has 2 heterocycles. The number of rotatable bonds is 4. The zero-order chi connectivity index (χ0) is 18.1. The van der Waals surface area contributed by atoms with Crippen molar-refractivity contribution in [3.05, 3.63) is 53.5 Å². The van der Waals surface area contributed by atoms with E-state index < -0.39 is 5.91 Å². The van der Waals surface area contributed by atoms with Crippen LogP contribution in [0.3, 0.4) is 0 Å². The van der Waals surface area contributed by atoms with Crippen LogP contribution >= 0.6 is 11.8 Å². The molecule has 0 saturated heterocycles. The number of hydrogen-bond acceptors (Lipinski definition) is 7. The van der Waals surface area contributed by atoms with Crippen molar-refractivity contribution in [2.45, 2.75) is 18.0 Å². The van der Waals surface area contributed by atoms with Gasteiger partial charge >= 0.3 is 0 Å². The third kappa shape index (κ3) is 3.11. The Morgan fingerprint density at radius 2 is 1.92 bits per heavy atom. The van der Waals surface area contributed by atoms with E-state index in [9.17, 15) is 4.79 Å². The summed E-state index contributed by atoms with van der Waals surface area (Å²) < 4.78 is 0. The molecule has 4 rings (SSSR count). The van der Waals surface area contributed by atoms with Gasteiger partial charge in [0, 0.05) is 29.2 Å². The standard InChI is InChI=1S/C18H16N6OS/c1-26-18-21-9-13-14(23-18)7-4-11-8-20-17(24-15(11)13)22-12-5-2-10(3-6-12)16(19)25/h2-3,5-6,8-9H,4,7H2,1H3,(H2,19,25)(H,20,22,24). The van der Waals surface area contributed by atoms with Gasteiger partial charge in [0.2, 0.25) is 11.9 Å². The average molecular weight is 364 g/mol. The lowest BCUT2D eigenvalue weighted by molar-refractivity contribution is 0.100. The third-order valence-electron chi connectivity index (χ3n) is 4.20. The molecule has 1 aromatic carbocycles. The number of hydrogen-bond donors (Lipinski definition) is 2. The SMILES string of the molecule is CSc1ncc2c(n1)CCc1cnc(Nc3ccc(C(N)=O)cc3)nc1-2. The smallest absolute Gasteiger partial charge is 0.248 e. The first kappa shape index (κ1) is 16.5. The van der Waals surface area contributed by atoms with Gasteiger partial charge in [-0.2, -0.15) is 0 Å². The van der Waals surface area contributed by atoms with Gasteiger partial charge in [0.05, 0.1) is 11.4 Å². The number of primary amides is 1. The molecule has 0 spiro atoms. The fourth-order valence-corrected chi connectivity index (χ4v) is 3.23. The van der Waals surface area contributed by atoms with Gasteiger partial charge in [0.1, 0.15) is 0 Å². The maximum absolute atomic E-state index is 11.2. The van der Waals surface area contributed by atoms with Crippen LogP contribution in [0.25, 0.3) is 11.3 Å². The Kier molecular flexibility index (Phi) is 4.26. The molecule has 0 aliphatic heterocycles. The molecule has 26 heavy (non-hydrogen) atoms. The van der Waals surface area contributed by atoms with Crippen LogP contribution in [-0.4, -0.2) is 32.1 Å². The van der Waals surface area contributed by atoms with Crippen molar-refractivity contribution in [1.29, 1.82) is 0 Å². The highest BCUT2D eigenvalue weighted by molar-refractivity contribution is 7.98. The minimum atomic E-state index is -0.456. The van der Waals surface area contributed by atoms with E-state index in [1.54, 1.807) is 24.3 Å². The molecular weight excluding hydrogens is 348 g/mol. The maximum atomic E-state index is 11.2. The lowest BCUT2D eigenvalue weighted by Crippen LogP contribution is -2.11. The van der Waals surface area contributed by atoms with E-state index in [0.717, 1.165) is 46.2 Å². The van der Waals surface area contributed by atoms with Crippen molar-refractivity contribution in [1.82, 2.24) is 19.9 Å². The first-order chi connectivity index (χ1) is 12.6. The van der Waals surface area contributed by atoms with E-state index in [2.05, 4.69) is 25.3 Å². The van der Waals surface area contributed by atoms with Crippen LogP contribution in [-0.2, 0) is 12.8 Å². The molecule has 0 saturated carbocycles. The first-order valence-electron chi connectivity index (χ1n) is 8.07. The largest absolute Gasteiger partial charge is 0.366 e. The van der Waals surface area contributed by atoms with Crippen LogP contribution < -0.4 is 11.1 Å². The second-order valence-electron chi connectivity index (χ2n) is 5.85. The van der Waals surface area contributed by atoms with E-state index in [0.29, 0.717) is 11.5 Å². The fraction of sp³-hybridized carbons (Fsp3) is 0.167. The van der Waals surface area contributed by atoms with Crippen LogP contribution in [0.15, 0.2) is 41.8 Å². The van der Waals surface area contributed by atoms with Gasteiger partial charge in [0.25, 0.3) is 0 Å². The Morgan fingerprint density at radius 3 is 2.65 bits per heavy atom. The van der Waals surface area contributed by atoms with E-state index in [-0.39, 0.29) is 0 Å². The molecule has 1 amide bonds. The second-order valence-corrected chi connectivity index (χ2v) is 6.62. The quantitative estimate of drug-likeness (QED) is 0.541. The number of carbonyl (C=O) groups excluding carboxylic acids is 1. The summed E-state index contributed by atoms with van der Waals surface area (Å²) in [5, 5.41) is 3.93. The topological polar surface area (TPSA) is 107 Å². The molecule has 0 fully saturated rings. The Bertz CT molecular complexity index is 989. The monoisotopic (exact) mass is 364 g/mol. The molecule has 1 aliphatic rings. The van der Waals surface area contributed by atoms with E-state index >= 15 is 0 Å². The number of amides is 1. The van der Waals surface area contributed by atoms with Crippen molar-refractivity contribution in [3.8, 4) is 11.3 Å². The highest BCUT2D eigenvalue weighted by Crippen LogP contribution is 2.31. The number of benzene rings is 1. The lowest BCUT2D eigenvalue weighted by atomic mass is 9.95. The van der Waals surface area contributed by atoms with Crippen LogP contribution in [0.5, 0.6) is 0 Å². The molecule has 0 unspecified atom stereocenters. The molecule has 0 radical (unpaired) electrons. The summed E-state index contributed by atoms with van der Waals surface area (Å²) >= 11 is 1.53. The molecule has 2 aromatic heterocycles. The zero-order valence-corrected chi connectivity index (χ0v) is 14.9. The van der Waals surface area contributed by atoms with Gasteiger partial charge in [-0.3, -0.25) is 4.79 Å². The predicted molar refractivity (Wildman–Crippen MR) is 100 cm³/mol. The van der Waals surface area contributed by atoms with E-state index in [1.165, 1.54) is 11.8 Å². The number of aryl methyl sites for hydroxylation is 2. The highest BCUT2D eigenvalue weighted by atomic mass is 32.2. The van der Waals surface area contributed by atoms with Gasteiger partial charge in [-0.15, -0.1) is 0 Å². The molecule has 0 atom stereocenters. The van der Waals surface area contributed by atoms with Crippen LogP contribution in [0.4, 0.5) is 11.6 Å². The molecule has 8 heteroatoms. The summed E-state index contributed by atoms with van der Waals surface area (Å²) in [5.41, 5.74) is 10.4. The Balaban J connectivity index is 1.65.